The van der Waals surface area contributed by atoms with E-state index < -0.39 is 0 Å². The molecule has 3 rings (SSSR count). The smallest absolute Gasteiger partial charge is 0.243 e. The van der Waals surface area contributed by atoms with Crippen LogP contribution in [0.2, 0.25) is 0 Å². The summed E-state index contributed by atoms with van der Waals surface area (Å²) in [5, 5.41) is 7.86. The number of aromatic nitrogens is 3. The standard InChI is InChI=1S/C12H16N4/c1-9-4-5-10-13-11(15-16(10)8-9)14-12(2)6-3-7-12/h4-5,8H,3,6-7H2,1-2H3,(H,14,15). The second kappa shape index (κ2) is 3.20. The van der Waals surface area contributed by atoms with Gasteiger partial charge < -0.3 is 5.32 Å². The average molecular weight is 216 g/mol. The van der Waals surface area contributed by atoms with Crippen LogP contribution in [-0.4, -0.2) is 20.1 Å². The maximum Gasteiger partial charge on any atom is 0.243 e. The van der Waals surface area contributed by atoms with Crippen molar-refractivity contribution >= 4 is 11.6 Å². The zero-order valence-electron chi connectivity index (χ0n) is 9.70. The third kappa shape index (κ3) is 1.54. The van der Waals surface area contributed by atoms with Crippen LogP contribution >= 0.6 is 0 Å². The third-order valence-corrected chi connectivity index (χ3v) is 3.35. The van der Waals surface area contributed by atoms with Gasteiger partial charge in [0, 0.05) is 11.7 Å². The van der Waals surface area contributed by atoms with Gasteiger partial charge in [-0.2, -0.15) is 4.98 Å². The Hall–Kier alpha value is -1.58. The summed E-state index contributed by atoms with van der Waals surface area (Å²) in [6.07, 6.45) is 5.72. The van der Waals surface area contributed by atoms with Crippen LogP contribution < -0.4 is 5.32 Å². The number of rotatable bonds is 2. The van der Waals surface area contributed by atoms with E-state index in [4.69, 9.17) is 0 Å². The molecular formula is C12H16N4. The monoisotopic (exact) mass is 216 g/mol. The highest BCUT2D eigenvalue weighted by Crippen LogP contribution is 2.33. The number of aryl methyl sites for hydroxylation is 1. The molecule has 0 aromatic carbocycles. The molecule has 2 aromatic rings. The summed E-state index contributed by atoms with van der Waals surface area (Å²) in [5.41, 5.74) is 2.30. The van der Waals surface area contributed by atoms with Gasteiger partial charge in [-0.25, -0.2) is 4.52 Å². The van der Waals surface area contributed by atoms with Gasteiger partial charge in [-0.3, -0.25) is 0 Å². The first-order valence-corrected chi connectivity index (χ1v) is 5.76. The van der Waals surface area contributed by atoms with Crippen LogP contribution in [0.3, 0.4) is 0 Å². The molecule has 1 saturated carbocycles. The van der Waals surface area contributed by atoms with Crippen LogP contribution in [0.25, 0.3) is 5.65 Å². The lowest BCUT2D eigenvalue weighted by Crippen LogP contribution is -2.41. The molecule has 0 saturated heterocycles. The number of fused-ring (bicyclic) bond motifs is 1. The van der Waals surface area contributed by atoms with Gasteiger partial charge >= 0.3 is 0 Å². The van der Waals surface area contributed by atoms with E-state index in [1.807, 2.05) is 16.8 Å². The fraction of sp³-hybridized carbons (Fsp3) is 0.500. The van der Waals surface area contributed by atoms with Gasteiger partial charge in [0.1, 0.15) is 0 Å². The van der Waals surface area contributed by atoms with Gasteiger partial charge in [-0.1, -0.05) is 6.07 Å². The zero-order chi connectivity index (χ0) is 11.2. The molecular weight excluding hydrogens is 200 g/mol. The number of anilines is 1. The molecule has 0 bridgehead atoms. The van der Waals surface area contributed by atoms with Crippen molar-refractivity contribution in [3.05, 3.63) is 23.9 Å². The molecule has 0 spiro atoms. The fourth-order valence-electron chi connectivity index (χ4n) is 2.14. The Balaban J connectivity index is 1.93. The minimum atomic E-state index is 0.208. The summed E-state index contributed by atoms with van der Waals surface area (Å²) in [6, 6.07) is 4.05. The summed E-state index contributed by atoms with van der Waals surface area (Å²) < 4.78 is 1.83. The SMILES string of the molecule is Cc1ccc2nc(NC3(C)CCC3)nn2c1. The van der Waals surface area contributed by atoms with Crippen molar-refractivity contribution in [3.8, 4) is 0 Å². The van der Waals surface area contributed by atoms with Crippen LogP contribution in [0.15, 0.2) is 18.3 Å². The van der Waals surface area contributed by atoms with Gasteiger partial charge in [0.15, 0.2) is 5.65 Å². The molecule has 4 heteroatoms. The summed E-state index contributed by atoms with van der Waals surface area (Å²) in [5.74, 6) is 0.743. The van der Waals surface area contributed by atoms with Crippen LogP contribution in [0.1, 0.15) is 31.7 Å². The van der Waals surface area contributed by atoms with Crippen molar-refractivity contribution in [2.24, 2.45) is 0 Å². The third-order valence-electron chi connectivity index (χ3n) is 3.35. The quantitative estimate of drug-likeness (QED) is 0.838. The van der Waals surface area contributed by atoms with Crippen molar-refractivity contribution in [1.82, 2.24) is 14.6 Å². The number of nitrogens with zero attached hydrogens (tertiary/aromatic N) is 3. The summed E-state index contributed by atoms with van der Waals surface area (Å²) in [7, 11) is 0. The molecule has 84 valence electrons. The molecule has 0 aliphatic heterocycles. The van der Waals surface area contributed by atoms with Gasteiger partial charge in [-0.05, 0) is 44.7 Å². The molecule has 0 atom stereocenters. The first kappa shape index (κ1) is 9.63. The average Bonchev–Trinajstić information content (AvgIpc) is 2.56. The van der Waals surface area contributed by atoms with Crippen LogP contribution in [0.4, 0.5) is 5.95 Å². The van der Waals surface area contributed by atoms with E-state index in [0.29, 0.717) is 0 Å². The fourth-order valence-corrected chi connectivity index (χ4v) is 2.14. The second-order valence-electron chi connectivity index (χ2n) is 4.98. The Morgan fingerprint density at radius 1 is 1.38 bits per heavy atom. The maximum atomic E-state index is 4.46. The number of pyridine rings is 1. The molecule has 16 heavy (non-hydrogen) atoms. The van der Waals surface area contributed by atoms with Gasteiger partial charge in [0.2, 0.25) is 5.95 Å². The Morgan fingerprint density at radius 3 is 2.88 bits per heavy atom. The normalized spacial score (nSPS) is 18.4. The molecule has 1 aliphatic rings. The molecule has 4 nitrogen and oxygen atoms in total. The summed E-state index contributed by atoms with van der Waals surface area (Å²) in [4.78, 5) is 4.46. The topological polar surface area (TPSA) is 42.2 Å². The van der Waals surface area contributed by atoms with E-state index in [2.05, 4.69) is 35.3 Å². The van der Waals surface area contributed by atoms with Crippen molar-refractivity contribution in [3.63, 3.8) is 0 Å². The maximum absolute atomic E-state index is 4.46. The first-order chi connectivity index (χ1) is 7.65. The lowest BCUT2D eigenvalue weighted by Gasteiger charge is -2.38. The highest BCUT2D eigenvalue weighted by atomic mass is 15.4. The van der Waals surface area contributed by atoms with E-state index >= 15 is 0 Å². The second-order valence-corrected chi connectivity index (χ2v) is 4.98. The largest absolute Gasteiger partial charge is 0.348 e. The number of hydrogen-bond donors (Lipinski definition) is 1. The Bertz CT molecular complexity index is 525. The van der Waals surface area contributed by atoms with Crippen LogP contribution in [-0.2, 0) is 0 Å². The molecule has 0 amide bonds. The van der Waals surface area contributed by atoms with Gasteiger partial charge in [0.05, 0.1) is 0 Å². The molecule has 2 aromatic heterocycles. The van der Waals surface area contributed by atoms with E-state index in [0.717, 1.165) is 11.6 Å². The lowest BCUT2D eigenvalue weighted by atomic mass is 9.79. The minimum absolute atomic E-state index is 0.208. The number of nitrogens with one attached hydrogen (secondary N) is 1. The van der Waals surface area contributed by atoms with E-state index in [1.165, 1.54) is 24.8 Å². The molecule has 0 radical (unpaired) electrons. The van der Waals surface area contributed by atoms with Gasteiger partial charge in [0.25, 0.3) is 0 Å². The highest BCUT2D eigenvalue weighted by Gasteiger charge is 2.32. The van der Waals surface area contributed by atoms with Crippen molar-refractivity contribution < 1.29 is 0 Å². The predicted molar refractivity (Wildman–Crippen MR) is 63.6 cm³/mol. The van der Waals surface area contributed by atoms with E-state index in [-0.39, 0.29) is 5.54 Å². The summed E-state index contributed by atoms with van der Waals surface area (Å²) >= 11 is 0. The predicted octanol–water partition coefficient (Wildman–Crippen LogP) is 2.39. The molecule has 1 fully saturated rings. The minimum Gasteiger partial charge on any atom is -0.348 e. The number of hydrogen-bond acceptors (Lipinski definition) is 3. The molecule has 1 N–H and O–H groups in total. The molecule has 1 aliphatic carbocycles. The first-order valence-electron chi connectivity index (χ1n) is 5.76. The van der Waals surface area contributed by atoms with Crippen molar-refractivity contribution in [1.29, 1.82) is 0 Å². The molecule has 2 heterocycles. The van der Waals surface area contributed by atoms with Crippen molar-refractivity contribution in [2.75, 3.05) is 5.32 Å². The zero-order valence-corrected chi connectivity index (χ0v) is 9.70. The Morgan fingerprint density at radius 2 is 2.19 bits per heavy atom. The van der Waals surface area contributed by atoms with Crippen LogP contribution in [0.5, 0.6) is 0 Å². The Labute approximate surface area is 94.7 Å². The lowest BCUT2D eigenvalue weighted by molar-refractivity contribution is 0.305. The van der Waals surface area contributed by atoms with E-state index in [9.17, 15) is 0 Å². The molecule has 0 unspecified atom stereocenters. The van der Waals surface area contributed by atoms with Crippen molar-refractivity contribution in [2.45, 2.75) is 38.6 Å². The van der Waals surface area contributed by atoms with Crippen LogP contribution in [0, 0.1) is 6.92 Å². The van der Waals surface area contributed by atoms with Gasteiger partial charge in [-0.15, -0.1) is 5.10 Å². The summed E-state index contributed by atoms with van der Waals surface area (Å²) in [6.45, 7) is 4.29. The highest BCUT2D eigenvalue weighted by molar-refractivity contribution is 5.45. The van der Waals surface area contributed by atoms with E-state index in [1.54, 1.807) is 0 Å². The Kier molecular flexibility index (Phi) is 1.93.